The molecule has 2 aromatic rings. The fourth-order valence-electron chi connectivity index (χ4n) is 2.74. The summed E-state index contributed by atoms with van der Waals surface area (Å²) < 4.78 is 0. The van der Waals surface area contributed by atoms with Crippen molar-refractivity contribution in [3.8, 4) is 0 Å². The summed E-state index contributed by atoms with van der Waals surface area (Å²) in [5.41, 5.74) is 2.08. The van der Waals surface area contributed by atoms with E-state index >= 15 is 0 Å². The molecule has 1 amide bonds. The first-order chi connectivity index (χ1) is 11.7. The lowest BCUT2D eigenvalue weighted by molar-refractivity contribution is -0.130. The van der Waals surface area contributed by atoms with Crippen LogP contribution in [0, 0.1) is 0 Å². The van der Waals surface area contributed by atoms with Crippen molar-refractivity contribution in [1.82, 2.24) is 15.1 Å². The third-order valence-electron chi connectivity index (χ3n) is 4.17. The van der Waals surface area contributed by atoms with Gasteiger partial charge in [0.2, 0.25) is 5.91 Å². The van der Waals surface area contributed by atoms with Crippen molar-refractivity contribution >= 4 is 29.0 Å². The van der Waals surface area contributed by atoms with Gasteiger partial charge < -0.3 is 15.1 Å². The number of nitrogens with zero attached hydrogens (tertiary/aromatic N) is 4. The van der Waals surface area contributed by atoms with Crippen molar-refractivity contribution in [1.29, 1.82) is 0 Å². The second kappa shape index (κ2) is 7.49. The molecule has 1 N–H and O–H groups in total. The minimum absolute atomic E-state index is 0.161. The van der Waals surface area contributed by atoms with Gasteiger partial charge in [-0.3, -0.25) is 4.79 Å². The third-order valence-corrected chi connectivity index (χ3v) is 4.37. The largest absolute Gasteiger partial charge is 0.388 e. The number of piperazine rings is 1. The molecule has 0 atom stereocenters. The molecule has 1 aliphatic rings. The summed E-state index contributed by atoms with van der Waals surface area (Å²) >= 11 is 5.76. The van der Waals surface area contributed by atoms with Gasteiger partial charge in [-0.25, -0.2) is 0 Å². The van der Waals surface area contributed by atoms with Crippen molar-refractivity contribution < 1.29 is 4.79 Å². The molecule has 0 spiro atoms. The molecule has 0 unspecified atom stereocenters. The number of hydrogen-bond acceptors (Lipinski definition) is 5. The smallest absolute Gasteiger partial charge is 0.227 e. The molecule has 1 aromatic heterocycles. The monoisotopic (exact) mass is 345 g/mol. The molecule has 1 fully saturated rings. The predicted molar refractivity (Wildman–Crippen MR) is 95.5 cm³/mol. The highest BCUT2D eigenvalue weighted by atomic mass is 35.5. The molecular weight excluding hydrogens is 326 g/mol. The molecule has 7 heteroatoms. The Morgan fingerprint density at radius 3 is 2.38 bits per heavy atom. The standard InChI is InChI=1S/C17H20ClN5O/c1-19-14-4-2-13(3-5-14)12-17(24)23-10-8-22(9-11-23)16-7-6-15(18)20-21-16/h2-7,19H,8-12H2,1H3. The zero-order chi connectivity index (χ0) is 16.9. The van der Waals surface area contributed by atoms with Crippen molar-refractivity contribution in [2.75, 3.05) is 43.4 Å². The van der Waals surface area contributed by atoms with Crippen LogP contribution >= 0.6 is 11.6 Å². The molecule has 1 aliphatic heterocycles. The number of aromatic nitrogens is 2. The van der Waals surface area contributed by atoms with Crippen LogP contribution < -0.4 is 10.2 Å². The minimum atomic E-state index is 0.161. The number of halogens is 1. The van der Waals surface area contributed by atoms with E-state index in [0.717, 1.165) is 30.2 Å². The van der Waals surface area contributed by atoms with Crippen LogP contribution in [0.5, 0.6) is 0 Å². The van der Waals surface area contributed by atoms with Crippen molar-refractivity contribution in [2.24, 2.45) is 0 Å². The molecule has 0 bridgehead atoms. The van der Waals surface area contributed by atoms with E-state index in [-0.39, 0.29) is 5.91 Å². The Kier molecular flexibility index (Phi) is 5.15. The van der Waals surface area contributed by atoms with E-state index in [4.69, 9.17) is 11.6 Å². The highest BCUT2D eigenvalue weighted by molar-refractivity contribution is 6.29. The van der Waals surface area contributed by atoms with Gasteiger partial charge in [-0.1, -0.05) is 23.7 Å². The van der Waals surface area contributed by atoms with Gasteiger partial charge in [-0.05, 0) is 29.8 Å². The van der Waals surface area contributed by atoms with E-state index in [1.54, 1.807) is 6.07 Å². The zero-order valence-electron chi connectivity index (χ0n) is 13.6. The Morgan fingerprint density at radius 1 is 1.08 bits per heavy atom. The van der Waals surface area contributed by atoms with E-state index in [1.165, 1.54) is 0 Å². The highest BCUT2D eigenvalue weighted by Gasteiger charge is 2.22. The molecule has 1 saturated heterocycles. The number of benzene rings is 1. The second-order valence-electron chi connectivity index (χ2n) is 5.71. The summed E-state index contributed by atoms with van der Waals surface area (Å²) in [5.74, 6) is 0.961. The van der Waals surface area contributed by atoms with Crippen LogP contribution in [-0.4, -0.2) is 54.2 Å². The van der Waals surface area contributed by atoms with Crippen molar-refractivity contribution in [3.63, 3.8) is 0 Å². The number of rotatable bonds is 4. The molecule has 0 aliphatic carbocycles. The SMILES string of the molecule is CNc1ccc(CC(=O)N2CCN(c3ccc(Cl)nn3)CC2)cc1. The van der Waals surface area contributed by atoms with Crippen LogP contribution in [-0.2, 0) is 11.2 Å². The van der Waals surface area contributed by atoms with Gasteiger partial charge in [0.05, 0.1) is 6.42 Å². The summed E-state index contributed by atoms with van der Waals surface area (Å²) in [6.07, 6.45) is 0.435. The fraction of sp³-hybridized carbons (Fsp3) is 0.353. The van der Waals surface area contributed by atoms with Crippen LogP contribution in [0.15, 0.2) is 36.4 Å². The lowest BCUT2D eigenvalue weighted by Gasteiger charge is -2.35. The molecule has 0 radical (unpaired) electrons. The van der Waals surface area contributed by atoms with Crippen molar-refractivity contribution in [3.05, 3.63) is 47.1 Å². The van der Waals surface area contributed by atoms with Gasteiger partial charge in [0, 0.05) is 38.9 Å². The molecule has 126 valence electrons. The Labute approximate surface area is 146 Å². The average Bonchev–Trinajstić information content (AvgIpc) is 2.63. The zero-order valence-corrected chi connectivity index (χ0v) is 14.3. The maximum absolute atomic E-state index is 12.5. The lowest BCUT2D eigenvalue weighted by Crippen LogP contribution is -2.49. The van der Waals surface area contributed by atoms with Gasteiger partial charge in [0.1, 0.15) is 0 Å². The predicted octanol–water partition coefficient (Wildman–Crippen LogP) is 2.06. The van der Waals surface area contributed by atoms with E-state index in [2.05, 4.69) is 20.4 Å². The second-order valence-corrected chi connectivity index (χ2v) is 6.09. The van der Waals surface area contributed by atoms with E-state index in [1.807, 2.05) is 42.3 Å². The quantitative estimate of drug-likeness (QED) is 0.919. The summed E-state index contributed by atoms with van der Waals surface area (Å²) in [6, 6.07) is 11.5. The first-order valence-electron chi connectivity index (χ1n) is 7.94. The first kappa shape index (κ1) is 16.5. The Bertz CT molecular complexity index is 681. The van der Waals surface area contributed by atoms with Crippen LogP contribution in [0.1, 0.15) is 5.56 Å². The Balaban J connectivity index is 1.53. The minimum Gasteiger partial charge on any atom is -0.388 e. The summed E-state index contributed by atoms with van der Waals surface area (Å²) in [5, 5.41) is 11.4. The average molecular weight is 346 g/mol. The van der Waals surface area contributed by atoms with Crippen LogP contribution in [0.3, 0.4) is 0 Å². The van der Waals surface area contributed by atoms with Crippen molar-refractivity contribution in [2.45, 2.75) is 6.42 Å². The van der Waals surface area contributed by atoms with E-state index in [9.17, 15) is 4.79 Å². The van der Waals surface area contributed by atoms with Gasteiger partial charge >= 0.3 is 0 Å². The molecule has 2 heterocycles. The number of carbonyl (C=O) groups excluding carboxylic acids is 1. The van der Waals surface area contributed by atoms with Crippen LogP contribution in [0.4, 0.5) is 11.5 Å². The van der Waals surface area contributed by atoms with E-state index < -0.39 is 0 Å². The van der Waals surface area contributed by atoms with Crippen LogP contribution in [0.25, 0.3) is 0 Å². The molecule has 1 aromatic carbocycles. The highest BCUT2D eigenvalue weighted by Crippen LogP contribution is 2.15. The summed E-state index contributed by atoms with van der Waals surface area (Å²) in [6.45, 7) is 2.89. The Hall–Kier alpha value is -2.34. The lowest BCUT2D eigenvalue weighted by atomic mass is 10.1. The maximum Gasteiger partial charge on any atom is 0.227 e. The third kappa shape index (κ3) is 3.94. The molecular formula is C17H20ClN5O. The number of carbonyl (C=O) groups is 1. The molecule has 24 heavy (non-hydrogen) atoms. The molecule has 6 nitrogen and oxygen atoms in total. The summed E-state index contributed by atoms with van der Waals surface area (Å²) in [7, 11) is 1.88. The maximum atomic E-state index is 12.5. The van der Waals surface area contributed by atoms with Gasteiger partial charge in [0.25, 0.3) is 0 Å². The molecule has 0 saturated carbocycles. The fourth-order valence-corrected chi connectivity index (χ4v) is 2.84. The first-order valence-corrected chi connectivity index (χ1v) is 8.32. The normalized spacial score (nSPS) is 14.6. The molecule has 3 rings (SSSR count). The number of hydrogen-bond donors (Lipinski definition) is 1. The van der Waals surface area contributed by atoms with Crippen LogP contribution in [0.2, 0.25) is 5.15 Å². The summed E-state index contributed by atoms with van der Waals surface area (Å²) in [4.78, 5) is 16.5. The number of amides is 1. The Morgan fingerprint density at radius 2 is 1.79 bits per heavy atom. The topological polar surface area (TPSA) is 61.4 Å². The number of nitrogens with one attached hydrogen (secondary N) is 1. The number of anilines is 2. The van der Waals surface area contributed by atoms with Gasteiger partial charge in [-0.2, -0.15) is 0 Å². The van der Waals surface area contributed by atoms with E-state index in [0.29, 0.717) is 24.7 Å². The van der Waals surface area contributed by atoms with Gasteiger partial charge in [0.15, 0.2) is 11.0 Å². The van der Waals surface area contributed by atoms with Gasteiger partial charge in [-0.15, -0.1) is 10.2 Å².